The molecular weight excluding hydrogens is 456 g/mol. The maximum absolute atomic E-state index is 12.7. The van der Waals surface area contributed by atoms with Crippen LogP contribution in [-0.2, 0) is 6.42 Å². The van der Waals surface area contributed by atoms with Crippen LogP contribution in [0.25, 0.3) is 11.0 Å². The van der Waals surface area contributed by atoms with Gasteiger partial charge in [-0.05, 0) is 72.1 Å². The van der Waals surface area contributed by atoms with E-state index in [1.54, 1.807) is 30.3 Å². The van der Waals surface area contributed by atoms with Crippen molar-refractivity contribution in [3.63, 3.8) is 0 Å². The summed E-state index contributed by atoms with van der Waals surface area (Å²) >= 11 is 3.37. The molecule has 0 N–H and O–H groups in total. The van der Waals surface area contributed by atoms with Gasteiger partial charge in [-0.1, -0.05) is 34.0 Å². The van der Waals surface area contributed by atoms with E-state index in [0.29, 0.717) is 34.6 Å². The molecule has 4 rings (SSSR count). The fourth-order valence-corrected chi connectivity index (χ4v) is 3.61. The smallest absolute Gasteiger partial charge is 0.228 e. The van der Waals surface area contributed by atoms with E-state index in [1.807, 2.05) is 36.4 Å². The fourth-order valence-electron chi connectivity index (χ4n) is 3.34. The number of fused-ring (bicyclic) bond motifs is 1. The van der Waals surface area contributed by atoms with Gasteiger partial charge in [-0.15, -0.1) is 6.42 Å². The van der Waals surface area contributed by atoms with E-state index in [1.165, 1.54) is 0 Å². The lowest BCUT2D eigenvalue weighted by molar-refractivity contribution is 0.101. The molecule has 0 bridgehead atoms. The number of carbonyl (C=O) groups is 2. The Hall–Kier alpha value is -3.62. The van der Waals surface area contributed by atoms with Crippen LogP contribution in [0.15, 0.2) is 75.6 Å². The predicted octanol–water partition coefficient (Wildman–Crippen LogP) is 5.84. The van der Waals surface area contributed by atoms with Crippen molar-refractivity contribution in [3.05, 3.63) is 99.2 Å². The Balaban J connectivity index is 1.57. The van der Waals surface area contributed by atoms with Crippen LogP contribution in [0.1, 0.15) is 37.6 Å². The maximum Gasteiger partial charge on any atom is 0.228 e. The summed E-state index contributed by atoms with van der Waals surface area (Å²) in [4.78, 5) is 24.1. The Bertz CT molecular complexity index is 1310. The number of aldehydes is 1. The lowest BCUT2D eigenvalue weighted by atomic mass is 10.0. The van der Waals surface area contributed by atoms with Gasteiger partial charge in [-0.2, -0.15) is 0 Å². The molecule has 0 unspecified atom stereocenters. The van der Waals surface area contributed by atoms with Gasteiger partial charge < -0.3 is 9.15 Å². The lowest BCUT2D eigenvalue weighted by Gasteiger charge is -2.08. The first-order valence-corrected chi connectivity index (χ1v) is 10.3. The second kappa shape index (κ2) is 9.03. The van der Waals surface area contributed by atoms with Gasteiger partial charge in [0.15, 0.2) is 12.0 Å². The monoisotopic (exact) mass is 472 g/mol. The molecular formula is C26H17BrO4. The minimum absolute atomic E-state index is 0.110. The van der Waals surface area contributed by atoms with E-state index in [2.05, 4.69) is 21.9 Å². The quantitative estimate of drug-likeness (QED) is 0.192. The number of benzene rings is 3. The van der Waals surface area contributed by atoms with E-state index >= 15 is 0 Å². The average Bonchev–Trinajstić information content (AvgIpc) is 3.21. The van der Waals surface area contributed by atoms with Crippen molar-refractivity contribution in [1.82, 2.24) is 0 Å². The molecule has 4 aromatic rings. The third-order valence-electron chi connectivity index (χ3n) is 4.83. The van der Waals surface area contributed by atoms with Gasteiger partial charge in [-0.25, -0.2) is 0 Å². The molecule has 152 valence electrons. The zero-order valence-corrected chi connectivity index (χ0v) is 18.0. The number of carbonyl (C=O) groups excluding carboxylic acids is 2. The molecule has 0 radical (unpaired) electrons. The molecule has 0 spiro atoms. The van der Waals surface area contributed by atoms with Gasteiger partial charge in [0.1, 0.15) is 17.9 Å². The van der Waals surface area contributed by atoms with Crippen molar-refractivity contribution < 1.29 is 18.7 Å². The SMILES string of the molecule is C#CCOc1ccc(Cc2ccc3oc(C(=O)c4ccc(Br)cc4)cc3c2)cc1C=O. The van der Waals surface area contributed by atoms with Crippen LogP contribution in [0.4, 0.5) is 0 Å². The van der Waals surface area contributed by atoms with Crippen molar-refractivity contribution in [1.29, 1.82) is 0 Å². The van der Waals surface area contributed by atoms with Crippen LogP contribution in [0.2, 0.25) is 0 Å². The standard InChI is InChI=1S/C26H17BrO4/c1-2-11-30-23-9-3-18(14-21(23)16-28)12-17-4-10-24-20(13-17)15-25(31-24)26(29)19-5-7-22(27)8-6-19/h1,3-10,13-16H,11-12H2. The number of rotatable bonds is 7. The Labute approximate surface area is 188 Å². The molecule has 0 amide bonds. The van der Waals surface area contributed by atoms with Crippen molar-refractivity contribution in [3.8, 4) is 18.1 Å². The normalized spacial score (nSPS) is 10.6. The van der Waals surface area contributed by atoms with Crippen LogP contribution in [0, 0.1) is 12.3 Å². The minimum atomic E-state index is -0.163. The third-order valence-corrected chi connectivity index (χ3v) is 5.36. The number of hydrogen-bond acceptors (Lipinski definition) is 4. The van der Waals surface area contributed by atoms with Crippen molar-refractivity contribution in [2.45, 2.75) is 6.42 Å². The molecule has 5 heteroatoms. The number of terminal acetylenes is 1. The summed E-state index contributed by atoms with van der Waals surface area (Å²) in [6, 6.07) is 20.2. The highest BCUT2D eigenvalue weighted by molar-refractivity contribution is 9.10. The minimum Gasteiger partial charge on any atom is -0.480 e. The van der Waals surface area contributed by atoms with Gasteiger partial charge in [0.25, 0.3) is 0 Å². The van der Waals surface area contributed by atoms with Crippen LogP contribution < -0.4 is 4.74 Å². The Morgan fingerprint density at radius 3 is 2.52 bits per heavy atom. The third kappa shape index (κ3) is 4.60. The summed E-state index contributed by atoms with van der Waals surface area (Å²) in [7, 11) is 0. The summed E-state index contributed by atoms with van der Waals surface area (Å²) in [6.07, 6.45) is 6.59. The summed E-state index contributed by atoms with van der Waals surface area (Å²) in [6.45, 7) is 0.110. The van der Waals surface area contributed by atoms with E-state index in [0.717, 1.165) is 27.3 Å². The Morgan fingerprint density at radius 1 is 1.03 bits per heavy atom. The molecule has 3 aromatic carbocycles. The van der Waals surface area contributed by atoms with Crippen molar-refractivity contribution in [2.75, 3.05) is 6.61 Å². The Morgan fingerprint density at radius 2 is 1.77 bits per heavy atom. The summed E-state index contributed by atoms with van der Waals surface area (Å²) in [5.41, 5.74) is 3.67. The molecule has 0 atom stereocenters. The summed E-state index contributed by atoms with van der Waals surface area (Å²) < 4.78 is 12.1. The molecule has 1 aromatic heterocycles. The zero-order valence-electron chi connectivity index (χ0n) is 16.4. The fraction of sp³-hybridized carbons (Fsp3) is 0.0769. The number of furan rings is 1. The van der Waals surface area contributed by atoms with Crippen LogP contribution in [-0.4, -0.2) is 18.7 Å². The van der Waals surface area contributed by atoms with Gasteiger partial charge in [0, 0.05) is 15.4 Å². The highest BCUT2D eigenvalue weighted by Gasteiger charge is 2.15. The second-order valence-electron chi connectivity index (χ2n) is 6.98. The second-order valence-corrected chi connectivity index (χ2v) is 7.89. The largest absolute Gasteiger partial charge is 0.480 e. The molecule has 0 aliphatic rings. The van der Waals surface area contributed by atoms with Gasteiger partial charge in [0.05, 0.1) is 5.56 Å². The molecule has 0 aliphatic heterocycles. The van der Waals surface area contributed by atoms with E-state index in [-0.39, 0.29) is 12.4 Å². The van der Waals surface area contributed by atoms with E-state index < -0.39 is 0 Å². The topological polar surface area (TPSA) is 56.5 Å². The van der Waals surface area contributed by atoms with Crippen LogP contribution in [0.3, 0.4) is 0 Å². The zero-order chi connectivity index (χ0) is 21.8. The van der Waals surface area contributed by atoms with E-state index in [9.17, 15) is 9.59 Å². The predicted molar refractivity (Wildman–Crippen MR) is 123 cm³/mol. The number of hydrogen-bond donors (Lipinski definition) is 0. The maximum atomic E-state index is 12.7. The first-order chi connectivity index (χ1) is 15.1. The van der Waals surface area contributed by atoms with Crippen molar-refractivity contribution in [2.24, 2.45) is 0 Å². The molecule has 0 fully saturated rings. The highest BCUT2D eigenvalue weighted by atomic mass is 79.9. The molecule has 31 heavy (non-hydrogen) atoms. The van der Waals surface area contributed by atoms with E-state index in [4.69, 9.17) is 15.6 Å². The number of halogens is 1. The number of ketones is 1. The molecule has 4 nitrogen and oxygen atoms in total. The molecule has 0 saturated carbocycles. The first-order valence-electron chi connectivity index (χ1n) is 9.54. The van der Waals surface area contributed by atoms with Crippen LogP contribution >= 0.6 is 15.9 Å². The van der Waals surface area contributed by atoms with Crippen molar-refractivity contribution >= 4 is 39.0 Å². The van der Waals surface area contributed by atoms with Crippen LogP contribution in [0.5, 0.6) is 5.75 Å². The summed E-state index contributed by atoms with van der Waals surface area (Å²) in [5.74, 6) is 2.99. The van der Waals surface area contributed by atoms with Gasteiger partial charge >= 0.3 is 0 Å². The average molecular weight is 473 g/mol. The number of ether oxygens (including phenoxy) is 1. The Kier molecular flexibility index (Phi) is 6.01. The van der Waals surface area contributed by atoms with Gasteiger partial charge in [-0.3, -0.25) is 9.59 Å². The molecule has 0 saturated heterocycles. The first kappa shape index (κ1) is 20.6. The van der Waals surface area contributed by atoms with Gasteiger partial charge in [0.2, 0.25) is 5.78 Å². The summed E-state index contributed by atoms with van der Waals surface area (Å²) in [5, 5.41) is 0.850. The highest BCUT2D eigenvalue weighted by Crippen LogP contribution is 2.26. The molecule has 0 aliphatic carbocycles. The lowest BCUT2D eigenvalue weighted by Crippen LogP contribution is -1.99. The molecule has 1 heterocycles.